The van der Waals surface area contributed by atoms with Crippen LogP contribution in [0.25, 0.3) is 0 Å². The van der Waals surface area contributed by atoms with Crippen LogP contribution >= 0.6 is 34.8 Å². The monoisotopic (exact) mass is 299 g/mol. The lowest BCUT2D eigenvalue weighted by Gasteiger charge is -2.00. The summed E-state index contributed by atoms with van der Waals surface area (Å²) in [6, 6.07) is 9.77. The highest BCUT2D eigenvalue weighted by atomic mass is 35.5. The van der Waals surface area contributed by atoms with Gasteiger partial charge in [-0.1, -0.05) is 34.8 Å². The van der Waals surface area contributed by atoms with E-state index in [1.807, 2.05) is 0 Å². The minimum absolute atomic E-state index is 0.114. The first kappa shape index (κ1) is 13.2. The molecule has 0 aliphatic heterocycles. The molecule has 5 heteroatoms. The molecule has 92 valence electrons. The summed E-state index contributed by atoms with van der Waals surface area (Å²) in [5.74, 6) is 0.114. The summed E-state index contributed by atoms with van der Waals surface area (Å²) in [7, 11) is 0. The lowest BCUT2D eigenvalue weighted by atomic mass is 10.2. The first-order chi connectivity index (χ1) is 8.56. The molecule has 2 aromatic carbocycles. The van der Waals surface area contributed by atoms with Crippen molar-refractivity contribution >= 4 is 46.7 Å². The van der Waals surface area contributed by atoms with Crippen molar-refractivity contribution in [3.05, 3.63) is 57.0 Å². The van der Waals surface area contributed by atoms with Crippen LogP contribution in [0.15, 0.2) is 41.4 Å². The highest BCUT2D eigenvalue weighted by Crippen LogP contribution is 2.27. The first-order valence-electron chi connectivity index (χ1n) is 5.04. The highest BCUT2D eigenvalue weighted by molar-refractivity contribution is 6.42. The quantitative estimate of drug-likeness (QED) is 0.769. The van der Waals surface area contributed by atoms with Gasteiger partial charge < -0.3 is 5.11 Å². The van der Waals surface area contributed by atoms with Crippen molar-refractivity contribution in [2.24, 2.45) is 4.99 Å². The summed E-state index contributed by atoms with van der Waals surface area (Å²) >= 11 is 17.5. The summed E-state index contributed by atoms with van der Waals surface area (Å²) in [4.78, 5) is 4.19. The maximum absolute atomic E-state index is 9.61. The number of phenolic OH excluding ortho intramolecular Hbond substituents is 1. The molecule has 0 saturated heterocycles. The van der Waals surface area contributed by atoms with Crippen molar-refractivity contribution in [1.29, 1.82) is 0 Å². The van der Waals surface area contributed by atoms with Crippen molar-refractivity contribution < 1.29 is 5.11 Å². The molecule has 0 heterocycles. The summed E-state index contributed by atoms with van der Waals surface area (Å²) < 4.78 is 0. The number of aromatic hydroxyl groups is 1. The Balaban J connectivity index is 2.29. The Hall–Kier alpha value is -1.22. The average Bonchev–Trinajstić information content (AvgIpc) is 2.34. The predicted octanol–water partition coefficient (Wildman–Crippen LogP) is 5.10. The molecule has 2 nitrogen and oxygen atoms in total. The van der Waals surface area contributed by atoms with Gasteiger partial charge in [-0.05, 0) is 36.4 Å². The zero-order valence-electron chi connectivity index (χ0n) is 9.07. The average molecular weight is 301 g/mol. The fraction of sp³-hybridized carbons (Fsp3) is 0. The molecule has 0 fully saturated rings. The van der Waals surface area contributed by atoms with Crippen LogP contribution in [0.4, 0.5) is 5.69 Å². The van der Waals surface area contributed by atoms with Gasteiger partial charge in [0, 0.05) is 16.8 Å². The van der Waals surface area contributed by atoms with Crippen molar-refractivity contribution in [2.45, 2.75) is 0 Å². The Morgan fingerprint density at radius 1 is 0.944 bits per heavy atom. The minimum atomic E-state index is 0.114. The largest absolute Gasteiger partial charge is 0.507 e. The third-order valence-corrected chi connectivity index (χ3v) is 3.22. The molecule has 0 amide bonds. The van der Waals surface area contributed by atoms with Crippen molar-refractivity contribution in [3.8, 4) is 5.75 Å². The third-order valence-electron chi connectivity index (χ3n) is 2.25. The van der Waals surface area contributed by atoms with Crippen LogP contribution in [0.5, 0.6) is 5.75 Å². The molecule has 0 aromatic heterocycles. The Labute approximate surface area is 119 Å². The maximum Gasteiger partial charge on any atom is 0.124 e. The van der Waals surface area contributed by atoms with Crippen LogP contribution in [-0.2, 0) is 0 Å². The SMILES string of the molecule is Oc1ccc(Cl)cc1/C=N/c1ccc(Cl)c(Cl)c1. The van der Waals surface area contributed by atoms with Gasteiger partial charge in [0.05, 0.1) is 15.7 Å². The van der Waals surface area contributed by atoms with Gasteiger partial charge in [0.15, 0.2) is 0 Å². The summed E-state index contributed by atoms with van der Waals surface area (Å²) in [5, 5.41) is 11.1. The predicted molar refractivity (Wildman–Crippen MR) is 76.8 cm³/mol. The summed E-state index contributed by atoms with van der Waals surface area (Å²) in [5.41, 5.74) is 1.18. The van der Waals surface area contributed by atoms with E-state index in [4.69, 9.17) is 34.8 Å². The molecule has 0 unspecified atom stereocenters. The van der Waals surface area contributed by atoms with Gasteiger partial charge in [-0.2, -0.15) is 0 Å². The fourth-order valence-electron chi connectivity index (χ4n) is 1.34. The van der Waals surface area contributed by atoms with E-state index in [1.165, 1.54) is 12.3 Å². The molecule has 0 atom stereocenters. The Morgan fingerprint density at radius 3 is 2.44 bits per heavy atom. The van der Waals surface area contributed by atoms with E-state index in [0.717, 1.165) is 0 Å². The second-order valence-corrected chi connectivity index (χ2v) is 4.81. The van der Waals surface area contributed by atoms with E-state index >= 15 is 0 Å². The maximum atomic E-state index is 9.61. The second-order valence-electron chi connectivity index (χ2n) is 3.56. The molecule has 0 spiro atoms. The molecule has 0 aliphatic carbocycles. The topological polar surface area (TPSA) is 32.6 Å². The Kier molecular flexibility index (Phi) is 4.12. The second kappa shape index (κ2) is 5.61. The van der Waals surface area contributed by atoms with E-state index in [9.17, 15) is 5.11 Å². The smallest absolute Gasteiger partial charge is 0.124 e. The lowest BCUT2D eigenvalue weighted by Crippen LogP contribution is -1.82. The number of hydrogen-bond donors (Lipinski definition) is 1. The number of rotatable bonds is 2. The van der Waals surface area contributed by atoms with Crippen LogP contribution in [0.3, 0.4) is 0 Å². The van der Waals surface area contributed by atoms with E-state index in [0.29, 0.717) is 26.3 Å². The molecule has 18 heavy (non-hydrogen) atoms. The number of nitrogens with zero attached hydrogens (tertiary/aromatic N) is 1. The molecule has 0 bridgehead atoms. The van der Waals surface area contributed by atoms with Crippen LogP contribution < -0.4 is 0 Å². The zero-order chi connectivity index (χ0) is 13.1. The lowest BCUT2D eigenvalue weighted by molar-refractivity contribution is 0.474. The first-order valence-corrected chi connectivity index (χ1v) is 6.17. The molecule has 2 aromatic rings. The number of halogens is 3. The van der Waals surface area contributed by atoms with Crippen molar-refractivity contribution in [1.82, 2.24) is 0 Å². The van der Waals surface area contributed by atoms with Gasteiger partial charge in [0.2, 0.25) is 0 Å². The molecule has 0 radical (unpaired) electrons. The van der Waals surface area contributed by atoms with E-state index in [-0.39, 0.29) is 5.75 Å². The third kappa shape index (κ3) is 3.16. The van der Waals surface area contributed by atoms with Gasteiger partial charge in [-0.3, -0.25) is 4.99 Å². The van der Waals surface area contributed by atoms with Gasteiger partial charge in [-0.25, -0.2) is 0 Å². The number of benzene rings is 2. The van der Waals surface area contributed by atoms with E-state index in [1.54, 1.807) is 30.3 Å². The van der Waals surface area contributed by atoms with Gasteiger partial charge in [0.25, 0.3) is 0 Å². The van der Waals surface area contributed by atoms with E-state index < -0.39 is 0 Å². The van der Waals surface area contributed by atoms with Gasteiger partial charge in [-0.15, -0.1) is 0 Å². The molecule has 2 rings (SSSR count). The molecule has 0 saturated carbocycles. The van der Waals surface area contributed by atoms with Crippen molar-refractivity contribution in [3.63, 3.8) is 0 Å². The molecule has 1 N–H and O–H groups in total. The van der Waals surface area contributed by atoms with Crippen LogP contribution in [0.2, 0.25) is 15.1 Å². The summed E-state index contributed by atoms with van der Waals surface area (Å²) in [6.07, 6.45) is 1.51. The van der Waals surface area contributed by atoms with Crippen LogP contribution in [-0.4, -0.2) is 11.3 Å². The van der Waals surface area contributed by atoms with E-state index in [2.05, 4.69) is 4.99 Å². The Bertz CT molecular complexity index is 611. The normalized spacial score (nSPS) is 11.1. The van der Waals surface area contributed by atoms with Crippen LogP contribution in [0.1, 0.15) is 5.56 Å². The molecular formula is C13H8Cl3NO. The standard InChI is InChI=1S/C13H8Cl3NO/c14-9-1-4-13(18)8(5-9)7-17-10-2-3-11(15)12(16)6-10/h1-7,18H/b17-7+. The summed E-state index contributed by atoms with van der Waals surface area (Å²) in [6.45, 7) is 0. The highest BCUT2D eigenvalue weighted by Gasteiger charge is 2.00. The minimum Gasteiger partial charge on any atom is -0.507 e. The molecular weight excluding hydrogens is 293 g/mol. The van der Waals surface area contributed by atoms with Gasteiger partial charge in [0.1, 0.15) is 5.75 Å². The van der Waals surface area contributed by atoms with Crippen molar-refractivity contribution in [2.75, 3.05) is 0 Å². The number of aliphatic imine (C=N–C) groups is 1. The number of phenols is 1. The van der Waals surface area contributed by atoms with Crippen LogP contribution in [0, 0.1) is 0 Å². The molecule has 0 aliphatic rings. The number of hydrogen-bond acceptors (Lipinski definition) is 2. The zero-order valence-corrected chi connectivity index (χ0v) is 11.3. The fourth-order valence-corrected chi connectivity index (χ4v) is 1.81. The Morgan fingerprint density at radius 2 is 1.72 bits per heavy atom. The van der Waals surface area contributed by atoms with Gasteiger partial charge >= 0.3 is 0 Å².